The molecule has 0 radical (unpaired) electrons. The first-order valence-corrected chi connectivity index (χ1v) is 10.5. The third kappa shape index (κ3) is 5.47. The molecule has 1 heteroatoms. The molecule has 0 heterocycles. The lowest BCUT2D eigenvalue weighted by Crippen LogP contribution is -2.36. The second-order valence-corrected chi connectivity index (χ2v) is 7.96. The normalized spacial score (nSPS) is 28.0. The molecule has 0 amide bonds. The number of Topliss-reactive ketones (excluding diaryl/α,β-unsaturated/α-hetero) is 1. The van der Waals surface area contributed by atoms with Crippen LogP contribution in [-0.2, 0) is 4.79 Å². The first kappa shape index (κ1) is 18.7. The third-order valence-corrected chi connectivity index (χ3v) is 6.24. The van der Waals surface area contributed by atoms with Crippen molar-refractivity contribution < 1.29 is 4.79 Å². The summed E-state index contributed by atoms with van der Waals surface area (Å²) in [7, 11) is 0. The summed E-state index contributed by atoms with van der Waals surface area (Å²) in [6, 6.07) is 0. The van der Waals surface area contributed by atoms with Crippen molar-refractivity contribution in [1.29, 1.82) is 0 Å². The Hall–Kier alpha value is -0.590. The molecule has 2 aliphatic carbocycles. The van der Waals surface area contributed by atoms with Crippen molar-refractivity contribution in [3.63, 3.8) is 0 Å². The lowest BCUT2D eigenvalue weighted by Gasteiger charge is -2.36. The number of unbranched alkanes of at least 4 members (excludes halogenated alkanes) is 4. The van der Waals surface area contributed by atoms with Gasteiger partial charge >= 0.3 is 0 Å². The Morgan fingerprint density at radius 2 is 1.70 bits per heavy atom. The van der Waals surface area contributed by atoms with E-state index in [0.717, 1.165) is 19.3 Å². The van der Waals surface area contributed by atoms with E-state index < -0.39 is 0 Å². The van der Waals surface area contributed by atoms with Crippen LogP contribution in [0.25, 0.3) is 0 Å². The van der Waals surface area contributed by atoms with Gasteiger partial charge in [-0.2, -0.15) is 0 Å². The van der Waals surface area contributed by atoms with Gasteiger partial charge in [0.2, 0.25) is 0 Å². The fraction of sp³-hybridized carbons (Fsp3) is 0.864. The molecule has 2 fully saturated rings. The summed E-state index contributed by atoms with van der Waals surface area (Å²) in [5.74, 6) is 1.20. The molecule has 132 valence electrons. The van der Waals surface area contributed by atoms with Crippen LogP contribution >= 0.6 is 0 Å². The van der Waals surface area contributed by atoms with Crippen molar-refractivity contribution in [3.05, 3.63) is 12.2 Å². The maximum atomic E-state index is 13.1. The van der Waals surface area contributed by atoms with Gasteiger partial charge in [-0.1, -0.05) is 76.9 Å². The van der Waals surface area contributed by atoms with Crippen molar-refractivity contribution in [3.8, 4) is 0 Å². The topological polar surface area (TPSA) is 17.1 Å². The zero-order chi connectivity index (χ0) is 16.4. The Labute approximate surface area is 144 Å². The van der Waals surface area contributed by atoms with Crippen LogP contribution in [-0.4, -0.2) is 5.78 Å². The van der Waals surface area contributed by atoms with Gasteiger partial charge in [0, 0.05) is 11.8 Å². The molecule has 23 heavy (non-hydrogen) atoms. The molecule has 0 bridgehead atoms. The Balaban J connectivity index is 2.06. The highest BCUT2D eigenvalue weighted by Crippen LogP contribution is 2.46. The van der Waals surface area contributed by atoms with E-state index >= 15 is 0 Å². The molecule has 1 unspecified atom stereocenters. The smallest absolute Gasteiger partial charge is 0.143 e. The minimum absolute atomic E-state index is 0.0917. The monoisotopic (exact) mass is 318 g/mol. The quantitative estimate of drug-likeness (QED) is 0.280. The molecule has 1 atom stereocenters. The predicted octanol–water partition coefficient (Wildman–Crippen LogP) is 7.00. The lowest BCUT2D eigenvalue weighted by molar-refractivity contribution is -0.129. The van der Waals surface area contributed by atoms with Gasteiger partial charge in [0.05, 0.1) is 0 Å². The van der Waals surface area contributed by atoms with Crippen molar-refractivity contribution in [2.24, 2.45) is 11.3 Å². The van der Waals surface area contributed by atoms with Crippen LogP contribution in [0.4, 0.5) is 0 Å². The van der Waals surface area contributed by atoms with Crippen LogP contribution in [0.3, 0.4) is 0 Å². The molecule has 2 aliphatic rings. The number of hydrogen-bond acceptors (Lipinski definition) is 1. The SMILES string of the molecule is CCCCCCC=CC1(C2CCCCCC2)CCCCCC1=O. The predicted molar refractivity (Wildman–Crippen MR) is 99.6 cm³/mol. The minimum atomic E-state index is -0.0917. The minimum Gasteiger partial charge on any atom is -0.299 e. The summed E-state index contributed by atoms with van der Waals surface area (Å²) in [6.07, 6.45) is 24.8. The number of carbonyl (C=O) groups excluding carboxylic acids is 1. The van der Waals surface area contributed by atoms with Crippen LogP contribution in [0.1, 0.15) is 110 Å². The number of ketones is 1. The highest BCUT2D eigenvalue weighted by atomic mass is 16.1. The summed E-state index contributed by atoms with van der Waals surface area (Å²) >= 11 is 0. The molecular weight excluding hydrogens is 280 g/mol. The summed E-state index contributed by atoms with van der Waals surface area (Å²) in [5, 5.41) is 0. The number of hydrogen-bond donors (Lipinski definition) is 0. The first-order valence-electron chi connectivity index (χ1n) is 10.5. The van der Waals surface area contributed by atoms with E-state index in [4.69, 9.17) is 0 Å². The molecule has 0 aromatic heterocycles. The van der Waals surface area contributed by atoms with Crippen LogP contribution in [0.15, 0.2) is 12.2 Å². The zero-order valence-electron chi connectivity index (χ0n) is 15.5. The Morgan fingerprint density at radius 1 is 0.957 bits per heavy atom. The number of allylic oxidation sites excluding steroid dienone is 2. The van der Waals surface area contributed by atoms with Gasteiger partial charge in [-0.25, -0.2) is 0 Å². The summed E-state index contributed by atoms with van der Waals surface area (Å²) in [6.45, 7) is 2.26. The fourth-order valence-corrected chi connectivity index (χ4v) is 4.77. The third-order valence-electron chi connectivity index (χ3n) is 6.24. The molecule has 2 rings (SSSR count). The second kappa shape index (κ2) is 10.3. The van der Waals surface area contributed by atoms with Crippen molar-refractivity contribution >= 4 is 5.78 Å². The summed E-state index contributed by atoms with van der Waals surface area (Å²) < 4.78 is 0. The zero-order valence-corrected chi connectivity index (χ0v) is 15.5. The van der Waals surface area contributed by atoms with Gasteiger partial charge in [-0.05, 0) is 44.4 Å². The molecule has 0 aliphatic heterocycles. The van der Waals surface area contributed by atoms with Crippen LogP contribution < -0.4 is 0 Å². The van der Waals surface area contributed by atoms with Gasteiger partial charge in [-0.3, -0.25) is 4.79 Å². The van der Waals surface area contributed by atoms with Gasteiger partial charge in [0.25, 0.3) is 0 Å². The van der Waals surface area contributed by atoms with E-state index in [-0.39, 0.29) is 5.41 Å². The molecular formula is C22H38O. The molecule has 0 spiro atoms. The molecule has 0 aromatic rings. The van der Waals surface area contributed by atoms with Crippen LogP contribution in [0.5, 0.6) is 0 Å². The average molecular weight is 319 g/mol. The molecule has 2 saturated carbocycles. The molecule has 1 nitrogen and oxygen atoms in total. The van der Waals surface area contributed by atoms with E-state index in [0.29, 0.717) is 11.7 Å². The summed E-state index contributed by atoms with van der Waals surface area (Å²) in [5.41, 5.74) is -0.0917. The highest BCUT2D eigenvalue weighted by Gasteiger charge is 2.42. The van der Waals surface area contributed by atoms with E-state index in [1.165, 1.54) is 83.5 Å². The largest absolute Gasteiger partial charge is 0.299 e. The van der Waals surface area contributed by atoms with Gasteiger partial charge in [-0.15, -0.1) is 0 Å². The maximum Gasteiger partial charge on any atom is 0.143 e. The van der Waals surface area contributed by atoms with Gasteiger partial charge in [0.1, 0.15) is 5.78 Å². The van der Waals surface area contributed by atoms with Crippen LogP contribution in [0, 0.1) is 11.3 Å². The first-order chi connectivity index (χ1) is 11.3. The van der Waals surface area contributed by atoms with E-state index in [9.17, 15) is 4.79 Å². The second-order valence-electron chi connectivity index (χ2n) is 7.96. The number of carbonyl (C=O) groups is 1. The lowest BCUT2D eigenvalue weighted by atomic mass is 9.66. The molecule has 0 saturated heterocycles. The molecule has 0 aromatic carbocycles. The Kier molecular flexibility index (Phi) is 8.40. The Bertz CT molecular complexity index is 362. The van der Waals surface area contributed by atoms with E-state index in [2.05, 4.69) is 19.1 Å². The highest BCUT2D eigenvalue weighted by molar-refractivity contribution is 5.87. The van der Waals surface area contributed by atoms with E-state index in [1.807, 2.05) is 0 Å². The number of rotatable bonds is 7. The average Bonchev–Trinajstić information content (AvgIpc) is 2.93. The van der Waals surface area contributed by atoms with Crippen molar-refractivity contribution in [2.75, 3.05) is 0 Å². The molecule has 0 N–H and O–H groups in total. The summed E-state index contributed by atoms with van der Waals surface area (Å²) in [4.78, 5) is 13.1. The Morgan fingerprint density at radius 3 is 2.43 bits per heavy atom. The van der Waals surface area contributed by atoms with Crippen molar-refractivity contribution in [1.82, 2.24) is 0 Å². The van der Waals surface area contributed by atoms with Crippen LogP contribution in [0.2, 0.25) is 0 Å². The van der Waals surface area contributed by atoms with E-state index in [1.54, 1.807) is 0 Å². The standard InChI is InChI=1S/C22H38O/c1-2-3-4-5-8-13-18-22(19-14-9-12-17-21(22)23)20-15-10-6-7-11-16-20/h13,18,20H,2-12,14-17,19H2,1H3. The van der Waals surface area contributed by atoms with Crippen molar-refractivity contribution in [2.45, 2.75) is 110 Å². The van der Waals surface area contributed by atoms with Gasteiger partial charge < -0.3 is 0 Å². The fourth-order valence-electron chi connectivity index (χ4n) is 4.77. The maximum absolute atomic E-state index is 13.1. The van der Waals surface area contributed by atoms with Gasteiger partial charge in [0.15, 0.2) is 0 Å².